The minimum absolute atomic E-state index is 0.0615. The summed E-state index contributed by atoms with van der Waals surface area (Å²) in [5, 5.41) is 2.96. The molecule has 0 saturated carbocycles. The zero-order chi connectivity index (χ0) is 15.2. The number of nitrogens with one attached hydrogen (secondary N) is 1. The van der Waals surface area contributed by atoms with Gasteiger partial charge < -0.3 is 20.7 Å². The molecule has 1 atom stereocenters. The van der Waals surface area contributed by atoms with Crippen molar-refractivity contribution in [2.24, 2.45) is 5.73 Å². The zero-order valence-corrected chi connectivity index (χ0v) is 12.9. The lowest BCUT2D eigenvalue weighted by Gasteiger charge is -2.34. The van der Waals surface area contributed by atoms with Crippen molar-refractivity contribution in [2.75, 3.05) is 24.5 Å². The number of unbranched alkanes of at least 4 members (excludes halogenated alkanes) is 1. The molecule has 0 fully saturated rings. The molecule has 116 valence electrons. The van der Waals surface area contributed by atoms with Crippen molar-refractivity contribution < 1.29 is 9.53 Å². The van der Waals surface area contributed by atoms with Crippen LogP contribution in [0.25, 0.3) is 0 Å². The third kappa shape index (κ3) is 4.11. The molecule has 0 bridgehead atoms. The maximum absolute atomic E-state index is 12.0. The van der Waals surface area contributed by atoms with E-state index in [0.29, 0.717) is 13.1 Å². The average Bonchev–Trinajstić information content (AvgIpc) is 2.46. The van der Waals surface area contributed by atoms with Crippen LogP contribution in [0.1, 0.15) is 32.3 Å². The van der Waals surface area contributed by atoms with Crippen molar-refractivity contribution in [2.45, 2.75) is 39.3 Å². The Labute approximate surface area is 126 Å². The van der Waals surface area contributed by atoms with E-state index >= 15 is 0 Å². The molecule has 1 aromatic carbocycles. The summed E-state index contributed by atoms with van der Waals surface area (Å²) in [5.41, 5.74) is 7.67. The fourth-order valence-corrected chi connectivity index (χ4v) is 2.49. The molecular weight excluding hydrogens is 266 g/mol. The van der Waals surface area contributed by atoms with E-state index in [9.17, 15) is 4.79 Å². The lowest BCUT2D eigenvalue weighted by Crippen LogP contribution is -2.44. The van der Waals surface area contributed by atoms with Crippen molar-refractivity contribution in [3.63, 3.8) is 0 Å². The van der Waals surface area contributed by atoms with Gasteiger partial charge in [0.15, 0.2) is 0 Å². The van der Waals surface area contributed by atoms with Crippen LogP contribution in [0.4, 0.5) is 5.69 Å². The molecule has 3 N–H and O–H groups in total. The topological polar surface area (TPSA) is 67.6 Å². The molecule has 5 heteroatoms. The molecule has 1 aliphatic heterocycles. The maximum Gasteiger partial charge on any atom is 0.239 e. The molecule has 0 radical (unpaired) electrons. The van der Waals surface area contributed by atoms with Crippen LogP contribution in [-0.4, -0.2) is 31.6 Å². The molecule has 0 aliphatic carbocycles. The first-order chi connectivity index (χ1) is 10.1. The Morgan fingerprint density at radius 2 is 2.33 bits per heavy atom. The Kier molecular flexibility index (Phi) is 5.44. The largest absolute Gasteiger partial charge is 0.487 e. The first kappa shape index (κ1) is 15.6. The van der Waals surface area contributed by atoms with Crippen LogP contribution >= 0.6 is 0 Å². The Hall–Kier alpha value is -1.75. The standard InChI is InChI=1S/C16H25N3O2/c1-3-4-7-18-16(20)11-19-10-12(2)21-15-8-13(9-17)5-6-14(15)19/h5-6,8,12H,3-4,7,9-11,17H2,1-2H3,(H,18,20). The predicted octanol–water partition coefficient (Wildman–Crippen LogP) is 1.65. The van der Waals surface area contributed by atoms with Crippen molar-refractivity contribution in [3.05, 3.63) is 23.8 Å². The number of carbonyl (C=O) groups is 1. The number of benzene rings is 1. The molecule has 0 saturated heterocycles. The third-order valence-electron chi connectivity index (χ3n) is 3.59. The number of hydrogen-bond donors (Lipinski definition) is 2. The van der Waals surface area contributed by atoms with Gasteiger partial charge >= 0.3 is 0 Å². The monoisotopic (exact) mass is 291 g/mol. The van der Waals surface area contributed by atoms with E-state index in [1.54, 1.807) is 0 Å². The van der Waals surface area contributed by atoms with Crippen LogP contribution in [0.2, 0.25) is 0 Å². The minimum atomic E-state index is 0.0615. The Morgan fingerprint density at radius 1 is 1.52 bits per heavy atom. The van der Waals surface area contributed by atoms with Gasteiger partial charge in [-0.2, -0.15) is 0 Å². The summed E-state index contributed by atoms with van der Waals surface area (Å²) in [5.74, 6) is 0.879. The van der Waals surface area contributed by atoms with Crippen LogP contribution in [-0.2, 0) is 11.3 Å². The number of carbonyl (C=O) groups excluding carboxylic acids is 1. The van der Waals surface area contributed by atoms with Crippen LogP contribution < -0.4 is 20.7 Å². The van der Waals surface area contributed by atoms with Gasteiger partial charge in [0.25, 0.3) is 0 Å². The molecule has 5 nitrogen and oxygen atoms in total. The van der Waals surface area contributed by atoms with Crippen molar-refractivity contribution in [1.82, 2.24) is 5.32 Å². The summed E-state index contributed by atoms with van der Waals surface area (Å²) in [6, 6.07) is 5.94. The first-order valence-electron chi connectivity index (χ1n) is 7.65. The van der Waals surface area contributed by atoms with E-state index in [0.717, 1.165) is 42.9 Å². The highest BCUT2D eigenvalue weighted by Crippen LogP contribution is 2.34. The lowest BCUT2D eigenvalue weighted by molar-refractivity contribution is -0.119. The third-order valence-corrected chi connectivity index (χ3v) is 3.59. The number of nitrogens with zero attached hydrogens (tertiary/aromatic N) is 1. The van der Waals surface area contributed by atoms with Gasteiger partial charge in [-0.05, 0) is 31.0 Å². The molecule has 1 heterocycles. The second-order valence-corrected chi connectivity index (χ2v) is 5.52. The van der Waals surface area contributed by atoms with E-state index in [-0.39, 0.29) is 12.0 Å². The summed E-state index contributed by atoms with van der Waals surface area (Å²) in [6.07, 6.45) is 2.16. The van der Waals surface area contributed by atoms with Gasteiger partial charge in [0, 0.05) is 13.1 Å². The Bertz CT molecular complexity index is 490. The van der Waals surface area contributed by atoms with Crippen molar-refractivity contribution >= 4 is 11.6 Å². The summed E-state index contributed by atoms with van der Waals surface area (Å²) >= 11 is 0. The van der Waals surface area contributed by atoms with Crippen molar-refractivity contribution in [3.8, 4) is 5.75 Å². The minimum Gasteiger partial charge on any atom is -0.487 e. The number of amides is 1. The summed E-state index contributed by atoms with van der Waals surface area (Å²) in [7, 11) is 0. The molecule has 1 unspecified atom stereocenters. The molecule has 1 aliphatic rings. The number of hydrogen-bond acceptors (Lipinski definition) is 4. The number of nitrogens with two attached hydrogens (primary N) is 1. The van der Waals surface area contributed by atoms with Gasteiger partial charge in [0.05, 0.1) is 18.8 Å². The fourth-order valence-electron chi connectivity index (χ4n) is 2.49. The quantitative estimate of drug-likeness (QED) is 0.782. The number of rotatable bonds is 6. The molecule has 1 aromatic rings. The highest BCUT2D eigenvalue weighted by molar-refractivity contribution is 5.82. The van der Waals surface area contributed by atoms with E-state index in [2.05, 4.69) is 17.1 Å². The van der Waals surface area contributed by atoms with Gasteiger partial charge in [0.2, 0.25) is 5.91 Å². The highest BCUT2D eigenvalue weighted by atomic mass is 16.5. The predicted molar refractivity (Wildman–Crippen MR) is 84.6 cm³/mol. The van der Waals surface area contributed by atoms with Gasteiger partial charge in [-0.1, -0.05) is 19.4 Å². The smallest absolute Gasteiger partial charge is 0.239 e. The second kappa shape index (κ2) is 7.31. The van der Waals surface area contributed by atoms with E-state index in [1.807, 2.05) is 25.1 Å². The first-order valence-corrected chi connectivity index (χ1v) is 7.65. The van der Waals surface area contributed by atoms with Crippen LogP contribution in [0.15, 0.2) is 18.2 Å². The Balaban J connectivity index is 2.06. The second-order valence-electron chi connectivity index (χ2n) is 5.52. The molecule has 21 heavy (non-hydrogen) atoms. The van der Waals surface area contributed by atoms with Crippen LogP contribution in [0.3, 0.4) is 0 Å². The van der Waals surface area contributed by atoms with Crippen molar-refractivity contribution in [1.29, 1.82) is 0 Å². The van der Waals surface area contributed by atoms with Gasteiger partial charge in [-0.25, -0.2) is 0 Å². The van der Waals surface area contributed by atoms with Crippen LogP contribution in [0.5, 0.6) is 5.75 Å². The molecule has 2 rings (SSSR count). The van der Waals surface area contributed by atoms with Crippen LogP contribution in [0, 0.1) is 0 Å². The summed E-state index contributed by atoms with van der Waals surface area (Å²) < 4.78 is 5.86. The van der Waals surface area contributed by atoms with E-state index < -0.39 is 0 Å². The normalized spacial score (nSPS) is 17.1. The molecule has 0 spiro atoms. The number of ether oxygens (including phenoxy) is 1. The van der Waals surface area contributed by atoms with Gasteiger partial charge in [0.1, 0.15) is 11.9 Å². The average molecular weight is 291 g/mol. The van der Waals surface area contributed by atoms with Gasteiger partial charge in [-0.3, -0.25) is 4.79 Å². The number of fused-ring (bicyclic) bond motifs is 1. The molecule has 1 amide bonds. The zero-order valence-electron chi connectivity index (χ0n) is 12.9. The molecular formula is C16H25N3O2. The van der Waals surface area contributed by atoms with E-state index in [1.165, 1.54) is 0 Å². The maximum atomic E-state index is 12.0. The Morgan fingerprint density at radius 3 is 3.05 bits per heavy atom. The highest BCUT2D eigenvalue weighted by Gasteiger charge is 2.24. The molecule has 0 aromatic heterocycles. The number of anilines is 1. The summed E-state index contributed by atoms with van der Waals surface area (Å²) in [4.78, 5) is 14.1. The SMILES string of the molecule is CCCCNC(=O)CN1CC(C)Oc2cc(CN)ccc21. The fraction of sp³-hybridized carbons (Fsp3) is 0.562. The lowest BCUT2D eigenvalue weighted by atomic mass is 10.1. The van der Waals surface area contributed by atoms with Gasteiger partial charge in [-0.15, -0.1) is 0 Å². The van der Waals surface area contributed by atoms with E-state index in [4.69, 9.17) is 10.5 Å². The summed E-state index contributed by atoms with van der Waals surface area (Å²) in [6.45, 7) is 6.44.